The molecule has 0 aliphatic heterocycles. The van der Waals surface area contributed by atoms with E-state index < -0.39 is 0 Å². The van der Waals surface area contributed by atoms with Gasteiger partial charge in [-0.25, -0.2) is 0 Å². The van der Waals surface area contributed by atoms with E-state index >= 15 is 0 Å². The summed E-state index contributed by atoms with van der Waals surface area (Å²) < 4.78 is 0. The van der Waals surface area contributed by atoms with E-state index in [1.54, 1.807) is 0 Å². The van der Waals surface area contributed by atoms with Crippen LogP contribution in [0, 0.1) is 19.3 Å². The van der Waals surface area contributed by atoms with Crippen LogP contribution in [0.4, 0.5) is 0 Å². The predicted molar refractivity (Wildman–Crippen MR) is 44.9 cm³/mol. The Bertz CT molecular complexity index is 236. The van der Waals surface area contributed by atoms with Crippen LogP contribution in [0.25, 0.3) is 0 Å². The molecule has 0 unspecified atom stereocenters. The maximum Gasteiger partial charge on any atom is 2.00 e. The molecule has 0 radical (unpaired) electrons. The molecular formula is C9H8Br2Mg. The quantitative estimate of drug-likeness (QED) is 0.335. The van der Waals surface area contributed by atoms with Crippen LogP contribution in [0.3, 0.4) is 0 Å². The molecular weight excluding hydrogens is 292 g/mol. The Balaban J connectivity index is -0.000000270. The fourth-order valence-corrected chi connectivity index (χ4v) is 0.650. The molecule has 1 aromatic rings. The summed E-state index contributed by atoms with van der Waals surface area (Å²) in [5.74, 6) is 2.55. The van der Waals surface area contributed by atoms with Gasteiger partial charge in [0, 0.05) is 5.56 Å². The molecule has 0 aromatic heterocycles. The van der Waals surface area contributed by atoms with Gasteiger partial charge in [0.05, 0.1) is 0 Å². The molecule has 0 fully saturated rings. The van der Waals surface area contributed by atoms with Crippen LogP contribution >= 0.6 is 0 Å². The zero-order valence-electron chi connectivity index (χ0n) is 6.85. The number of aryl methyl sites for hydroxylation is 1. The molecule has 12 heavy (non-hydrogen) atoms. The second-order valence-electron chi connectivity index (χ2n) is 2.01. The summed E-state index contributed by atoms with van der Waals surface area (Å²) in [6.07, 6.45) is 5.15. The van der Waals surface area contributed by atoms with Gasteiger partial charge in [0.25, 0.3) is 0 Å². The Morgan fingerprint density at radius 1 is 1.08 bits per heavy atom. The van der Waals surface area contributed by atoms with E-state index in [9.17, 15) is 0 Å². The van der Waals surface area contributed by atoms with Crippen LogP contribution in [0.1, 0.15) is 11.1 Å². The van der Waals surface area contributed by atoms with Crippen molar-refractivity contribution in [2.24, 2.45) is 0 Å². The fourth-order valence-electron chi connectivity index (χ4n) is 0.650. The summed E-state index contributed by atoms with van der Waals surface area (Å²) in [7, 11) is 0. The summed E-state index contributed by atoms with van der Waals surface area (Å²) in [5.41, 5.74) is 2.19. The minimum absolute atomic E-state index is 0. The average molecular weight is 300 g/mol. The molecule has 0 N–H and O–H groups in total. The number of hydrogen-bond acceptors (Lipinski definition) is 0. The van der Waals surface area contributed by atoms with Crippen molar-refractivity contribution < 1.29 is 34.0 Å². The van der Waals surface area contributed by atoms with Gasteiger partial charge in [-0.1, -0.05) is 23.6 Å². The molecule has 0 atom stereocenters. The summed E-state index contributed by atoms with van der Waals surface area (Å²) in [6.45, 7) is 2.04. The zero-order chi connectivity index (χ0) is 6.69. The Morgan fingerprint density at radius 3 is 1.83 bits per heavy atom. The molecule has 60 valence electrons. The number of halogens is 2. The first-order chi connectivity index (χ1) is 4.33. The van der Waals surface area contributed by atoms with Gasteiger partial charge in [-0.05, 0) is 19.1 Å². The minimum Gasteiger partial charge on any atom is -1.00 e. The fraction of sp³-hybridized carbons (Fsp3) is 0.111. The maximum atomic E-state index is 5.15. The number of terminal acetylenes is 1. The molecule has 1 aromatic carbocycles. The Kier molecular flexibility index (Phi) is 14.6. The largest absolute Gasteiger partial charge is 2.00 e. The van der Waals surface area contributed by atoms with Crippen LogP contribution in [0.5, 0.6) is 0 Å². The molecule has 0 saturated carbocycles. The summed E-state index contributed by atoms with van der Waals surface area (Å²) in [5, 5.41) is 0. The van der Waals surface area contributed by atoms with Gasteiger partial charge in [-0.2, -0.15) is 0 Å². The summed E-state index contributed by atoms with van der Waals surface area (Å²) in [4.78, 5) is 0. The van der Waals surface area contributed by atoms with Gasteiger partial charge in [-0.15, -0.1) is 6.42 Å². The van der Waals surface area contributed by atoms with Crippen LogP contribution < -0.4 is 34.0 Å². The summed E-state index contributed by atoms with van der Waals surface area (Å²) >= 11 is 0. The molecule has 0 bridgehead atoms. The topological polar surface area (TPSA) is 0 Å². The van der Waals surface area contributed by atoms with Gasteiger partial charge >= 0.3 is 23.1 Å². The van der Waals surface area contributed by atoms with Crippen molar-refractivity contribution in [3.8, 4) is 12.3 Å². The van der Waals surface area contributed by atoms with Crippen molar-refractivity contribution in [2.45, 2.75) is 6.92 Å². The molecule has 0 heterocycles. The minimum atomic E-state index is 0. The van der Waals surface area contributed by atoms with E-state index in [2.05, 4.69) is 5.92 Å². The molecule has 1 rings (SSSR count). The van der Waals surface area contributed by atoms with Crippen LogP contribution in [-0.4, -0.2) is 23.1 Å². The van der Waals surface area contributed by atoms with Crippen molar-refractivity contribution in [2.75, 3.05) is 0 Å². The van der Waals surface area contributed by atoms with Crippen molar-refractivity contribution in [1.29, 1.82) is 0 Å². The standard InChI is InChI=1S/C9H8.2BrH.Mg/c1-3-9-6-4-8(2)5-7-9;;;/h1,4-7H,2H3;2*1H;/q;;;+2/p-2. The predicted octanol–water partition coefficient (Wildman–Crippen LogP) is -4.40. The smallest absolute Gasteiger partial charge is 1.00 e. The second kappa shape index (κ2) is 9.59. The molecule has 3 heteroatoms. The second-order valence-corrected chi connectivity index (χ2v) is 2.01. The van der Waals surface area contributed by atoms with Crippen LogP contribution in [0.2, 0.25) is 0 Å². The third kappa shape index (κ3) is 6.07. The number of hydrogen-bond donors (Lipinski definition) is 0. The van der Waals surface area contributed by atoms with E-state index in [4.69, 9.17) is 6.42 Å². The summed E-state index contributed by atoms with van der Waals surface area (Å²) in [6, 6.07) is 7.90. The van der Waals surface area contributed by atoms with E-state index in [0.717, 1.165) is 5.56 Å². The van der Waals surface area contributed by atoms with Crippen molar-refractivity contribution >= 4 is 23.1 Å². The Hall–Kier alpha value is 0.506. The van der Waals surface area contributed by atoms with Gasteiger partial charge in [0.1, 0.15) is 0 Å². The zero-order valence-corrected chi connectivity index (χ0v) is 11.4. The Labute approximate surface area is 111 Å². The van der Waals surface area contributed by atoms with E-state index in [1.165, 1.54) is 5.56 Å². The van der Waals surface area contributed by atoms with Gasteiger partial charge in [0.2, 0.25) is 0 Å². The molecule has 0 aliphatic carbocycles. The van der Waals surface area contributed by atoms with Crippen LogP contribution in [-0.2, 0) is 0 Å². The monoisotopic (exact) mass is 298 g/mol. The first-order valence-corrected chi connectivity index (χ1v) is 2.86. The first-order valence-electron chi connectivity index (χ1n) is 2.86. The molecule has 0 spiro atoms. The molecule has 0 aliphatic rings. The third-order valence-corrected chi connectivity index (χ3v) is 1.22. The van der Waals surface area contributed by atoms with E-state index in [1.807, 2.05) is 31.2 Å². The van der Waals surface area contributed by atoms with Gasteiger partial charge in [-0.3, -0.25) is 0 Å². The van der Waals surface area contributed by atoms with E-state index in [0.29, 0.717) is 0 Å². The van der Waals surface area contributed by atoms with Crippen molar-refractivity contribution in [3.63, 3.8) is 0 Å². The van der Waals surface area contributed by atoms with Gasteiger partial charge < -0.3 is 34.0 Å². The number of benzene rings is 1. The van der Waals surface area contributed by atoms with Gasteiger partial charge in [0.15, 0.2) is 0 Å². The molecule has 0 nitrogen and oxygen atoms in total. The SMILES string of the molecule is C#Cc1ccc(C)cc1.[Br-].[Br-].[Mg+2]. The maximum absolute atomic E-state index is 5.15. The van der Waals surface area contributed by atoms with Crippen molar-refractivity contribution in [3.05, 3.63) is 35.4 Å². The van der Waals surface area contributed by atoms with Crippen LogP contribution in [0.15, 0.2) is 24.3 Å². The first kappa shape index (κ1) is 18.3. The van der Waals surface area contributed by atoms with Crippen molar-refractivity contribution in [1.82, 2.24) is 0 Å². The third-order valence-electron chi connectivity index (χ3n) is 1.22. The Morgan fingerprint density at radius 2 is 1.50 bits per heavy atom. The average Bonchev–Trinajstić information content (AvgIpc) is 1.90. The number of rotatable bonds is 0. The van der Waals surface area contributed by atoms with E-state index in [-0.39, 0.29) is 57.0 Å². The molecule has 0 saturated heterocycles. The normalized spacial score (nSPS) is 6.33. The molecule has 0 amide bonds.